The molecule has 1 heterocycles. The standard InChI is InChI=1S/C77H74N2/c1-6-7-8-9-10-11-12-13-14-16-27-62-50-59(37-44-68(62)61-28-23-24-54(2)47-61)63-48-55(3)49-67(51-63)79-75-32-22-20-30-71(75)72-52-60(38-46-76(72)79)58-35-41-65(42-36-58)78(64-39-33-57(34-40-64)56-25-17-15-18-26-56)66-43-45-70-69-29-19-21-31-73(69)77(4,5)74(70)53-66/h15,17-26,28-53H,6-14,16,27H2,1-5H3. The topological polar surface area (TPSA) is 8.17 Å². The largest absolute Gasteiger partial charge is 0.310 e. The molecule has 0 saturated heterocycles. The van der Waals surface area contributed by atoms with Gasteiger partial charge in [-0.15, -0.1) is 0 Å². The lowest BCUT2D eigenvalue weighted by molar-refractivity contribution is 0.556. The third-order valence-electron chi connectivity index (χ3n) is 17.1. The second kappa shape index (κ2) is 22.6. The van der Waals surface area contributed by atoms with E-state index in [1.54, 1.807) is 0 Å². The molecule has 1 aliphatic carbocycles. The summed E-state index contributed by atoms with van der Waals surface area (Å²) in [7, 11) is 0. The molecule has 1 aliphatic rings. The quantitative estimate of drug-likeness (QED) is 0.0733. The predicted molar refractivity (Wildman–Crippen MR) is 340 cm³/mol. The van der Waals surface area contributed by atoms with Crippen LogP contribution in [0, 0.1) is 13.8 Å². The van der Waals surface area contributed by atoms with Gasteiger partial charge in [0.05, 0.1) is 11.0 Å². The molecule has 0 fully saturated rings. The van der Waals surface area contributed by atoms with Crippen LogP contribution in [0.4, 0.5) is 17.1 Å². The maximum absolute atomic E-state index is 2.50. The highest BCUT2D eigenvalue weighted by atomic mass is 15.1. The molecule has 11 aromatic rings. The molecule has 0 radical (unpaired) electrons. The normalized spacial score (nSPS) is 12.5. The fourth-order valence-electron chi connectivity index (χ4n) is 12.9. The van der Waals surface area contributed by atoms with E-state index in [2.05, 4.69) is 269 Å². The van der Waals surface area contributed by atoms with Crippen molar-refractivity contribution in [2.24, 2.45) is 0 Å². The maximum Gasteiger partial charge on any atom is 0.0541 e. The van der Waals surface area contributed by atoms with Crippen molar-refractivity contribution in [2.45, 2.75) is 111 Å². The van der Waals surface area contributed by atoms with Gasteiger partial charge in [0.2, 0.25) is 0 Å². The highest BCUT2D eigenvalue weighted by molar-refractivity contribution is 6.10. The molecular weight excluding hydrogens is 953 g/mol. The number of fused-ring (bicyclic) bond motifs is 6. The average molecular weight is 1030 g/mol. The van der Waals surface area contributed by atoms with E-state index in [0.29, 0.717) is 0 Å². The van der Waals surface area contributed by atoms with Crippen molar-refractivity contribution in [1.29, 1.82) is 0 Å². The number of nitrogens with zero attached hydrogens (tertiary/aromatic N) is 2. The maximum atomic E-state index is 2.50. The van der Waals surface area contributed by atoms with Crippen molar-refractivity contribution in [3.63, 3.8) is 0 Å². The molecule has 0 bridgehead atoms. The van der Waals surface area contributed by atoms with Crippen LogP contribution in [0.1, 0.15) is 113 Å². The number of anilines is 3. The van der Waals surface area contributed by atoms with Crippen molar-refractivity contribution < 1.29 is 0 Å². The minimum atomic E-state index is -0.109. The summed E-state index contributed by atoms with van der Waals surface area (Å²) in [5, 5.41) is 2.51. The van der Waals surface area contributed by atoms with E-state index in [0.717, 1.165) is 23.5 Å². The first-order valence-corrected chi connectivity index (χ1v) is 29.4. The Balaban J connectivity index is 0.858. The first-order chi connectivity index (χ1) is 38.7. The van der Waals surface area contributed by atoms with Crippen molar-refractivity contribution in [2.75, 3.05) is 4.90 Å². The fraction of sp³-hybridized carbons (Fsp3) is 0.221. The van der Waals surface area contributed by atoms with Crippen LogP contribution in [0.5, 0.6) is 0 Å². The SMILES string of the molecule is CCCCCCCCCCCCc1cc(-c2cc(C)cc(-n3c4ccccc4c4cc(-c5ccc(N(c6ccc(-c7ccccc7)cc6)c6ccc7c(c6)C(C)(C)c6ccccc6-7)cc5)ccc43)c2)ccc1-c1cccc(C)c1. The average Bonchev–Trinajstić information content (AvgIpc) is 4.18. The summed E-state index contributed by atoms with van der Waals surface area (Å²) in [5.41, 5.74) is 26.3. The smallest absolute Gasteiger partial charge is 0.0541 e. The minimum Gasteiger partial charge on any atom is -0.310 e. The van der Waals surface area contributed by atoms with E-state index in [-0.39, 0.29) is 5.41 Å². The van der Waals surface area contributed by atoms with Gasteiger partial charge >= 0.3 is 0 Å². The van der Waals surface area contributed by atoms with Crippen LogP contribution in [0.2, 0.25) is 0 Å². The Kier molecular flexibility index (Phi) is 14.8. The molecule has 0 unspecified atom stereocenters. The van der Waals surface area contributed by atoms with Gasteiger partial charge in [-0.1, -0.05) is 242 Å². The molecule has 0 N–H and O–H groups in total. The van der Waals surface area contributed by atoms with Crippen molar-refractivity contribution in [3.8, 4) is 61.3 Å². The third-order valence-corrected chi connectivity index (χ3v) is 17.1. The molecule has 12 rings (SSSR count). The summed E-state index contributed by atoms with van der Waals surface area (Å²) < 4.78 is 2.48. The Hall–Kier alpha value is -8.20. The molecule has 79 heavy (non-hydrogen) atoms. The second-order valence-corrected chi connectivity index (χ2v) is 23.0. The molecule has 2 nitrogen and oxygen atoms in total. The van der Waals surface area contributed by atoms with Gasteiger partial charge in [-0.05, 0) is 171 Å². The number of hydrogen-bond donors (Lipinski definition) is 0. The number of aromatic nitrogens is 1. The third kappa shape index (κ3) is 10.5. The lowest BCUT2D eigenvalue weighted by Gasteiger charge is -2.28. The van der Waals surface area contributed by atoms with Crippen molar-refractivity contribution in [3.05, 3.63) is 252 Å². The number of rotatable bonds is 19. The Morgan fingerprint density at radius 1 is 0.354 bits per heavy atom. The first kappa shape index (κ1) is 51.6. The minimum absolute atomic E-state index is 0.109. The predicted octanol–water partition coefficient (Wildman–Crippen LogP) is 22.3. The Labute approximate surface area is 470 Å². The zero-order valence-electron chi connectivity index (χ0n) is 47.0. The summed E-state index contributed by atoms with van der Waals surface area (Å²) >= 11 is 0. The van der Waals surface area contributed by atoms with Crippen LogP contribution < -0.4 is 4.90 Å². The molecule has 10 aromatic carbocycles. The van der Waals surface area contributed by atoms with Gasteiger partial charge in [-0.3, -0.25) is 0 Å². The van der Waals surface area contributed by atoms with E-state index in [1.807, 2.05) is 0 Å². The Morgan fingerprint density at radius 3 is 1.66 bits per heavy atom. The summed E-state index contributed by atoms with van der Waals surface area (Å²) in [6, 6.07) is 84.3. The van der Waals surface area contributed by atoms with Gasteiger partial charge in [0.25, 0.3) is 0 Å². The molecule has 0 saturated carbocycles. The monoisotopic (exact) mass is 1030 g/mol. The van der Waals surface area contributed by atoms with Crippen LogP contribution in [0.25, 0.3) is 83.1 Å². The van der Waals surface area contributed by atoms with E-state index in [9.17, 15) is 0 Å². The molecule has 2 heteroatoms. The number of aryl methyl sites for hydroxylation is 3. The Morgan fingerprint density at radius 2 is 0.911 bits per heavy atom. The lowest BCUT2D eigenvalue weighted by atomic mass is 9.82. The van der Waals surface area contributed by atoms with E-state index in [1.165, 1.54) is 175 Å². The number of unbranched alkanes of at least 4 members (excludes halogenated alkanes) is 9. The number of para-hydroxylation sites is 1. The number of hydrogen-bond acceptors (Lipinski definition) is 1. The summed E-state index contributed by atoms with van der Waals surface area (Å²) in [6.07, 6.45) is 14.5. The molecule has 1 aromatic heterocycles. The van der Waals surface area contributed by atoms with Crippen molar-refractivity contribution in [1.82, 2.24) is 4.57 Å². The second-order valence-electron chi connectivity index (χ2n) is 23.0. The van der Waals surface area contributed by atoms with E-state index >= 15 is 0 Å². The van der Waals surface area contributed by atoms with Crippen molar-refractivity contribution >= 4 is 38.9 Å². The van der Waals surface area contributed by atoms with Crippen LogP contribution in [0.15, 0.2) is 224 Å². The summed E-state index contributed by atoms with van der Waals surface area (Å²) in [4.78, 5) is 2.42. The van der Waals surface area contributed by atoms with Crippen LogP contribution >= 0.6 is 0 Å². The van der Waals surface area contributed by atoms with Gasteiger partial charge in [0, 0.05) is 38.9 Å². The highest BCUT2D eigenvalue weighted by Crippen LogP contribution is 2.51. The van der Waals surface area contributed by atoms with Gasteiger partial charge in [-0.2, -0.15) is 0 Å². The fourth-order valence-corrected chi connectivity index (χ4v) is 12.9. The zero-order chi connectivity index (χ0) is 53.9. The number of benzene rings is 10. The molecule has 0 aliphatic heterocycles. The van der Waals surface area contributed by atoms with Gasteiger partial charge in [0.15, 0.2) is 0 Å². The molecule has 0 spiro atoms. The van der Waals surface area contributed by atoms with Gasteiger partial charge in [-0.25, -0.2) is 0 Å². The van der Waals surface area contributed by atoms with Gasteiger partial charge in [0.1, 0.15) is 0 Å². The summed E-state index contributed by atoms with van der Waals surface area (Å²) in [6.45, 7) is 11.5. The Bertz CT molecular complexity index is 3930. The molecular formula is C77H74N2. The van der Waals surface area contributed by atoms with Gasteiger partial charge < -0.3 is 9.47 Å². The molecule has 0 atom stereocenters. The molecule has 0 amide bonds. The van der Waals surface area contributed by atoms with Crippen LogP contribution in [-0.2, 0) is 11.8 Å². The lowest BCUT2D eigenvalue weighted by Crippen LogP contribution is -2.16. The van der Waals surface area contributed by atoms with Crippen LogP contribution in [-0.4, -0.2) is 4.57 Å². The highest BCUT2D eigenvalue weighted by Gasteiger charge is 2.36. The molecule has 392 valence electrons. The summed E-state index contributed by atoms with van der Waals surface area (Å²) in [5.74, 6) is 0. The van der Waals surface area contributed by atoms with E-state index in [4.69, 9.17) is 0 Å². The van der Waals surface area contributed by atoms with Crippen LogP contribution in [0.3, 0.4) is 0 Å². The van der Waals surface area contributed by atoms with E-state index < -0.39 is 0 Å². The zero-order valence-corrected chi connectivity index (χ0v) is 47.0. The first-order valence-electron chi connectivity index (χ1n) is 29.4.